The van der Waals surface area contributed by atoms with E-state index in [1.165, 1.54) is 0 Å². The van der Waals surface area contributed by atoms with Gasteiger partial charge in [0, 0.05) is 32.0 Å². The molecule has 1 aliphatic rings. The largest absolute Gasteiger partial charge is 0.503 e. The minimum atomic E-state index is -0.631. The molecule has 0 aliphatic carbocycles. The maximum Gasteiger partial charge on any atom is 0.290 e. The molecule has 2 aromatic rings. The van der Waals surface area contributed by atoms with E-state index in [1.807, 2.05) is 50.2 Å². The summed E-state index contributed by atoms with van der Waals surface area (Å²) in [4.78, 5) is 31.6. The average Bonchev–Trinajstić information content (AvgIpc) is 3.01. The maximum absolute atomic E-state index is 13.1. The Kier molecular flexibility index (Phi) is 7.36. The summed E-state index contributed by atoms with van der Waals surface area (Å²) < 4.78 is 5.57. The maximum atomic E-state index is 13.1. The fourth-order valence-corrected chi connectivity index (χ4v) is 3.64. The molecule has 6 heteroatoms. The summed E-state index contributed by atoms with van der Waals surface area (Å²) in [6.07, 6.45) is 4.76. The Morgan fingerprint density at radius 1 is 1.20 bits per heavy atom. The molecular formula is C24H28N2O4. The van der Waals surface area contributed by atoms with Crippen molar-refractivity contribution in [2.24, 2.45) is 0 Å². The van der Waals surface area contributed by atoms with Gasteiger partial charge in [-0.15, -0.1) is 0 Å². The molecule has 1 aliphatic heterocycles. The quantitative estimate of drug-likeness (QED) is 0.605. The van der Waals surface area contributed by atoms with Crippen molar-refractivity contribution in [1.82, 2.24) is 9.88 Å². The van der Waals surface area contributed by atoms with E-state index in [2.05, 4.69) is 4.98 Å². The molecule has 2 heterocycles. The first-order valence-corrected chi connectivity index (χ1v) is 10.3. The number of pyridine rings is 1. The van der Waals surface area contributed by atoms with E-state index < -0.39 is 17.7 Å². The number of aliphatic hydroxyl groups is 1. The number of carbonyl (C=O) groups excluding carboxylic acids is 2. The highest BCUT2D eigenvalue weighted by atomic mass is 16.5. The van der Waals surface area contributed by atoms with Crippen molar-refractivity contribution >= 4 is 11.7 Å². The topological polar surface area (TPSA) is 79.7 Å². The van der Waals surface area contributed by atoms with Crippen LogP contribution in [0.15, 0.2) is 66.2 Å². The number of aromatic nitrogens is 1. The van der Waals surface area contributed by atoms with Crippen LogP contribution in [0.1, 0.15) is 43.9 Å². The molecule has 0 bridgehead atoms. The number of aryl methyl sites for hydroxylation is 1. The molecule has 1 amide bonds. The van der Waals surface area contributed by atoms with Gasteiger partial charge in [0.25, 0.3) is 5.91 Å². The Bertz CT molecular complexity index is 894. The molecule has 1 unspecified atom stereocenters. The van der Waals surface area contributed by atoms with Crippen LogP contribution in [-0.4, -0.2) is 45.9 Å². The number of amides is 1. The van der Waals surface area contributed by atoms with Gasteiger partial charge in [-0.1, -0.05) is 36.4 Å². The molecule has 0 radical (unpaired) electrons. The van der Waals surface area contributed by atoms with Crippen molar-refractivity contribution in [2.75, 3.05) is 13.2 Å². The van der Waals surface area contributed by atoms with E-state index in [0.717, 1.165) is 5.56 Å². The van der Waals surface area contributed by atoms with Crippen LogP contribution in [0.25, 0.3) is 0 Å². The Morgan fingerprint density at radius 3 is 2.63 bits per heavy atom. The zero-order chi connectivity index (χ0) is 21.5. The monoisotopic (exact) mass is 408 g/mol. The van der Waals surface area contributed by atoms with Crippen LogP contribution in [0.5, 0.6) is 0 Å². The molecule has 0 saturated heterocycles. The number of nitrogens with zero attached hydrogens (tertiary/aromatic N) is 2. The molecule has 6 nitrogen and oxygen atoms in total. The van der Waals surface area contributed by atoms with Crippen molar-refractivity contribution in [2.45, 2.75) is 45.3 Å². The van der Waals surface area contributed by atoms with Gasteiger partial charge in [-0.2, -0.15) is 0 Å². The smallest absolute Gasteiger partial charge is 0.290 e. The summed E-state index contributed by atoms with van der Waals surface area (Å²) in [7, 11) is 0. The highest BCUT2D eigenvalue weighted by Gasteiger charge is 2.42. The summed E-state index contributed by atoms with van der Waals surface area (Å²) >= 11 is 0. The van der Waals surface area contributed by atoms with E-state index in [4.69, 9.17) is 4.74 Å². The SMILES string of the molecule is CC(C)OCCCN1C(=O)C(O)=C(C(=O)CCc2ccccc2)C1c1cccnc1. The summed E-state index contributed by atoms with van der Waals surface area (Å²) in [6, 6.07) is 12.7. The third kappa shape index (κ3) is 5.13. The van der Waals surface area contributed by atoms with Gasteiger partial charge in [-0.25, -0.2) is 0 Å². The first-order chi connectivity index (χ1) is 14.5. The number of hydrogen-bond acceptors (Lipinski definition) is 5. The van der Waals surface area contributed by atoms with Gasteiger partial charge < -0.3 is 14.7 Å². The molecule has 0 fully saturated rings. The average molecular weight is 408 g/mol. The summed E-state index contributed by atoms with van der Waals surface area (Å²) in [6.45, 7) is 4.79. The van der Waals surface area contributed by atoms with E-state index in [-0.39, 0.29) is 23.9 Å². The van der Waals surface area contributed by atoms with Gasteiger partial charge in [-0.3, -0.25) is 14.6 Å². The van der Waals surface area contributed by atoms with Crippen molar-refractivity contribution in [3.8, 4) is 0 Å². The van der Waals surface area contributed by atoms with Crippen LogP contribution in [0.2, 0.25) is 0 Å². The molecule has 158 valence electrons. The highest BCUT2D eigenvalue weighted by molar-refractivity contribution is 6.09. The molecule has 1 N–H and O–H groups in total. The standard InChI is InChI=1S/C24H28N2O4/c1-17(2)30-15-7-14-26-22(19-10-6-13-25-16-19)21(23(28)24(26)29)20(27)12-11-18-8-4-3-5-9-18/h3-6,8-10,13,16-17,22,28H,7,11-12,14-15H2,1-2H3. The van der Waals surface area contributed by atoms with Crippen LogP contribution >= 0.6 is 0 Å². The number of carbonyl (C=O) groups is 2. The van der Waals surface area contributed by atoms with Gasteiger partial charge >= 0.3 is 0 Å². The fraction of sp³-hybridized carbons (Fsp3) is 0.375. The third-order valence-electron chi connectivity index (χ3n) is 5.08. The number of ether oxygens (including phenoxy) is 1. The van der Waals surface area contributed by atoms with Crippen molar-refractivity contribution in [1.29, 1.82) is 0 Å². The number of rotatable bonds is 10. The van der Waals surface area contributed by atoms with Gasteiger partial charge in [0.05, 0.1) is 17.7 Å². The number of benzene rings is 1. The Labute approximate surface area is 177 Å². The first kappa shape index (κ1) is 21.7. The number of hydrogen-bond donors (Lipinski definition) is 1. The Balaban J connectivity index is 1.80. The molecule has 1 aromatic heterocycles. The first-order valence-electron chi connectivity index (χ1n) is 10.3. The predicted octanol–water partition coefficient (Wildman–Crippen LogP) is 3.79. The predicted molar refractivity (Wildman–Crippen MR) is 114 cm³/mol. The lowest BCUT2D eigenvalue weighted by atomic mass is 9.94. The second kappa shape index (κ2) is 10.2. The Morgan fingerprint density at radius 2 is 1.97 bits per heavy atom. The zero-order valence-corrected chi connectivity index (χ0v) is 17.5. The van der Waals surface area contributed by atoms with Gasteiger partial charge in [-0.05, 0) is 43.9 Å². The lowest BCUT2D eigenvalue weighted by Crippen LogP contribution is -2.32. The Hall–Kier alpha value is -2.99. The molecule has 3 rings (SSSR count). The van der Waals surface area contributed by atoms with Crippen molar-refractivity contribution < 1.29 is 19.4 Å². The van der Waals surface area contributed by atoms with Crippen LogP contribution < -0.4 is 0 Å². The summed E-state index contributed by atoms with van der Waals surface area (Å²) in [5.41, 5.74) is 1.91. The normalized spacial score (nSPS) is 16.6. The second-order valence-electron chi connectivity index (χ2n) is 7.63. The number of Topliss-reactive ketones (excluding diaryl/α,β-unsaturated/α-hetero) is 1. The third-order valence-corrected chi connectivity index (χ3v) is 5.08. The van der Waals surface area contributed by atoms with Crippen LogP contribution in [0, 0.1) is 0 Å². The van der Waals surface area contributed by atoms with Crippen LogP contribution in [0.4, 0.5) is 0 Å². The van der Waals surface area contributed by atoms with Crippen molar-refractivity contribution in [3.05, 3.63) is 77.3 Å². The van der Waals surface area contributed by atoms with Gasteiger partial charge in [0.1, 0.15) is 0 Å². The summed E-state index contributed by atoms with van der Waals surface area (Å²) in [5, 5.41) is 10.6. The number of aliphatic hydroxyl groups excluding tert-OH is 1. The zero-order valence-electron chi connectivity index (χ0n) is 17.5. The van der Waals surface area contributed by atoms with Gasteiger partial charge in [0.2, 0.25) is 0 Å². The molecule has 1 aromatic carbocycles. The van der Waals surface area contributed by atoms with E-state index in [0.29, 0.717) is 31.6 Å². The minimum Gasteiger partial charge on any atom is -0.503 e. The molecule has 1 atom stereocenters. The minimum absolute atomic E-state index is 0.107. The number of ketones is 1. The van der Waals surface area contributed by atoms with E-state index in [1.54, 1.807) is 23.4 Å². The van der Waals surface area contributed by atoms with E-state index >= 15 is 0 Å². The van der Waals surface area contributed by atoms with Gasteiger partial charge in [0.15, 0.2) is 11.5 Å². The molecule has 30 heavy (non-hydrogen) atoms. The molecule has 0 saturated carbocycles. The fourth-order valence-electron chi connectivity index (χ4n) is 3.64. The lowest BCUT2D eigenvalue weighted by Gasteiger charge is -2.26. The molecule has 0 spiro atoms. The second-order valence-corrected chi connectivity index (χ2v) is 7.63. The highest BCUT2D eigenvalue weighted by Crippen LogP contribution is 2.38. The summed E-state index contributed by atoms with van der Waals surface area (Å²) in [5.74, 6) is -1.19. The van der Waals surface area contributed by atoms with Crippen LogP contribution in [0.3, 0.4) is 0 Å². The van der Waals surface area contributed by atoms with E-state index in [9.17, 15) is 14.7 Å². The molecular weight excluding hydrogens is 380 g/mol. The van der Waals surface area contributed by atoms with Crippen LogP contribution in [-0.2, 0) is 20.7 Å². The van der Waals surface area contributed by atoms with Crippen molar-refractivity contribution in [3.63, 3.8) is 0 Å². The lowest BCUT2D eigenvalue weighted by molar-refractivity contribution is -0.129.